The van der Waals surface area contributed by atoms with E-state index in [1.165, 1.54) is 12.1 Å². The van der Waals surface area contributed by atoms with Crippen LogP contribution in [-0.2, 0) is 21.4 Å². The largest absolute Gasteiger partial charge is 0.445 e. The van der Waals surface area contributed by atoms with Crippen molar-refractivity contribution in [2.45, 2.75) is 30.1 Å². The molecular formula is C18H21ClN2O6S. The molecule has 2 aromatic rings. The number of aliphatic hydroxyl groups excluding tert-OH is 2. The monoisotopic (exact) mass is 428 g/mol. The van der Waals surface area contributed by atoms with E-state index in [1.807, 2.05) is 30.3 Å². The van der Waals surface area contributed by atoms with Gasteiger partial charge in [0.2, 0.25) is 10.0 Å². The number of carbonyl (C=O) groups is 1. The number of primary sulfonamides is 1. The Balaban J connectivity index is 1.81. The van der Waals surface area contributed by atoms with Crippen LogP contribution in [-0.4, -0.2) is 37.4 Å². The fraction of sp³-hybridized carbons (Fsp3) is 0.278. The summed E-state index contributed by atoms with van der Waals surface area (Å²) in [6.45, 7) is 0.182. The molecule has 0 aromatic heterocycles. The Morgan fingerprint density at radius 3 is 2.46 bits per heavy atom. The van der Waals surface area contributed by atoms with E-state index >= 15 is 0 Å². The number of benzene rings is 2. The maximum Gasteiger partial charge on any atom is 0.407 e. The molecular weight excluding hydrogens is 408 g/mol. The first-order valence-corrected chi connectivity index (χ1v) is 10.2. The molecule has 2 rings (SSSR count). The number of hydrogen-bond acceptors (Lipinski definition) is 6. The zero-order chi connectivity index (χ0) is 20.7. The van der Waals surface area contributed by atoms with Gasteiger partial charge in [-0.2, -0.15) is 0 Å². The van der Waals surface area contributed by atoms with Gasteiger partial charge in [-0.3, -0.25) is 0 Å². The van der Waals surface area contributed by atoms with Crippen LogP contribution >= 0.6 is 11.6 Å². The van der Waals surface area contributed by atoms with Crippen molar-refractivity contribution in [1.29, 1.82) is 0 Å². The first-order valence-electron chi connectivity index (χ1n) is 8.31. The number of aliphatic hydroxyl groups is 2. The van der Waals surface area contributed by atoms with E-state index in [1.54, 1.807) is 0 Å². The third-order valence-corrected chi connectivity index (χ3v) is 5.28. The van der Waals surface area contributed by atoms with E-state index in [-0.39, 0.29) is 35.1 Å². The number of carbonyl (C=O) groups excluding carboxylic acids is 1. The average Bonchev–Trinajstić information content (AvgIpc) is 2.65. The summed E-state index contributed by atoms with van der Waals surface area (Å²) in [6.07, 6.45) is -3.15. The summed E-state index contributed by atoms with van der Waals surface area (Å²) in [6, 6.07) is 12.8. The molecule has 2 aromatic carbocycles. The molecule has 152 valence electrons. The fourth-order valence-corrected chi connectivity index (χ4v) is 3.51. The Morgan fingerprint density at radius 1 is 1.18 bits per heavy atom. The van der Waals surface area contributed by atoms with Gasteiger partial charge in [0.1, 0.15) is 17.6 Å². The first kappa shape index (κ1) is 22.1. The van der Waals surface area contributed by atoms with Crippen LogP contribution in [0, 0.1) is 0 Å². The third-order valence-electron chi connectivity index (χ3n) is 3.89. The summed E-state index contributed by atoms with van der Waals surface area (Å²) in [7, 11) is -3.98. The number of nitrogens with two attached hydrogens (primary N) is 1. The maximum atomic E-state index is 11.7. The second-order valence-electron chi connectivity index (χ2n) is 6.02. The van der Waals surface area contributed by atoms with Gasteiger partial charge in [0, 0.05) is 6.54 Å². The van der Waals surface area contributed by atoms with Gasteiger partial charge in [0.05, 0.1) is 11.1 Å². The molecule has 0 fully saturated rings. The minimum Gasteiger partial charge on any atom is -0.445 e. The van der Waals surface area contributed by atoms with Crippen LogP contribution in [0.1, 0.15) is 23.7 Å². The van der Waals surface area contributed by atoms with Gasteiger partial charge >= 0.3 is 6.09 Å². The third kappa shape index (κ3) is 6.47. The van der Waals surface area contributed by atoms with Crippen LogP contribution in [0.5, 0.6) is 0 Å². The Kier molecular flexibility index (Phi) is 7.78. The molecule has 0 aliphatic heterocycles. The number of alkyl carbamates (subject to hydrolysis) is 1. The lowest BCUT2D eigenvalue weighted by Gasteiger charge is -2.19. The Morgan fingerprint density at radius 2 is 1.86 bits per heavy atom. The van der Waals surface area contributed by atoms with Crippen LogP contribution < -0.4 is 10.5 Å². The summed E-state index contributed by atoms with van der Waals surface area (Å²) in [5, 5.41) is 27.6. The number of ether oxygens (including phenoxy) is 1. The molecule has 0 aliphatic carbocycles. The van der Waals surface area contributed by atoms with Crippen LogP contribution in [0.4, 0.5) is 4.79 Å². The van der Waals surface area contributed by atoms with E-state index in [4.69, 9.17) is 21.5 Å². The van der Waals surface area contributed by atoms with Crippen LogP contribution in [0.15, 0.2) is 53.4 Å². The minimum absolute atomic E-state index is 0.0379. The molecule has 0 aliphatic rings. The molecule has 2 atom stereocenters. The molecule has 0 radical (unpaired) electrons. The van der Waals surface area contributed by atoms with Crippen LogP contribution in [0.25, 0.3) is 0 Å². The van der Waals surface area contributed by atoms with Crippen LogP contribution in [0.2, 0.25) is 5.02 Å². The summed E-state index contributed by atoms with van der Waals surface area (Å²) < 4.78 is 27.7. The lowest BCUT2D eigenvalue weighted by molar-refractivity contribution is 0.0136. The van der Waals surface area contributed by atoms with Crippen molar-refractivity contribution in [2.24, 2.45) is 5.14 Å². The number of sulfonamides is 1. The first-order chi connectivity index (χ1) is 13.2. The van der Waals surface area contributed by atoms with Crippen molar-refractivity contribution < 1.29 is 28.2 Å². The number of nitrogens with one attached hydrogen (secondary N) is 1. The topological polar surface area (TPSA) is 139 Å². The quantitative estimate of drug-likeness (QED) is 0.504. The van der Waals surface area contributed by atoms with Crippen molar-refractivity contribution in [3.8, 4) is 0 Å². The molecule has 8 nitrogen and oxygen atoms in total. The van der Waals surface area contributed by atoms with Crippen molar-refractivity contribution in [1.82, 2.24) is 5.32 Å². The molecule has 5 N–H and O–H groups in total. The highest BCUT2D eigenvalue weighted by molar-refractivity contribution is 7.89. The zero-order valence-corrected chi connectivity index (χ0v) is 16.4. The van der Waals surface area contributed by atoms with E-state index in [0.717, 1.165) is 11.6 Å². The van der Waals surface area contributed by atoms with Crippen molar-refractivity contribution in [3.63, 3.8) is 0 Å². The fourth-order valence-electron chi connectivity index (χ4n) is 2.41. The highest BCUT2D eigenvalue weighted by Crippen LogP contribution is 2.26. The predicted octanol–water partition coefficient (Wildman–Crippen LogP) is 1.70. The average molecular weight is 429 g/mol. The molecule has 2 unspecified atom stereocenters. The summed E-state index contributed by atoms with van der Waals surface area (Å²) in [5.74, 6) is 0. The van der Waals surface area contributed by atoms with Gasteiger partial charge in [0.25, 0.3) is 0 Å². The van der Waals surface area contributed by atoms with Gasteiger partial charge in [-0.15, -0.1) is 0 Å². The van der Waals surface area contributed by atoms with E-state index in [2.05, 4.69) is 5.32 Å². The summed E-state index contributed by atoms with van der Waals surface area (Å²) in [4.78, 5) is 11.4. The van der Waals surface area contributed by atoms with Crippen LogP contribution in [0.3, 0.4) is 0 Å². The van der Waals surface area contributed by atoms with E-state index in [0.29, 0.717) is 0 Å². The highest BCUT2D eigenvalue weighted by Gasteiger charge is 2.21. The molecule has 0 saturated carbocycles. The Labute approximate surface area is 167 Å². The zero-order valence-electron chi connectivity index (χ0n) is 14.8. The SMILES string of the molecule is NS(=O)(=O)c1ccc(C(O)C(O)CCNC(=O)OCc2ccccc2)cc1Cl. The number of hydrogen-bond donors (Lipinski definition) is 4. The van der Waals surface area contributed by atoms with E-state index in [9.17, 15) is 23.4 Å². The molecule has 10 heteroatoms. The molecule has 0 heterocycles. The second kappa shape index (κ2) is 9.85. The summed E-state index contributed by atoms with van der Waals surface area (Å²) >= 11 is 5.87. The van der Waals surface area contributed by atoms with Crippen molar-refractivity contribution >= 4 is 27.7 Å². The highest BCUT2D eigenvalue weighted by atomic mass is 35.5. The Bertz CT molecular complexity index is 908. The summed E-state index contributed by atoms with van der Waals surface area (Å²) in [5.41, 5.74) is 1.06. The number of rotatable bonds is 8. The van der Waals surface area contributed by atoms with Gasteiger partial charge in [-0.05, 0) is 29.7 Å². The second-order valence-corrected chi connectivity index (χ2v) is 7.96. The maximum absolute atomic E-state index is 11.7. The smallest absolute Gasteiger partial charge is 0.407 e. The molecule has 1 amide bonds. The Hall–Kier alpha value is -2.17. The molecule has 28 heavy (non-hydrogen) atoms. The molecule has 0 bridgehead atoms. The number of halogens is 1. The predicted molar refractivity (Wildman–Crippen MR) is 103 cm³/mol. The minimum atomic E-state index is -3.98. The molecule has 0 spiro atoms. The normalized spacial score (nSPS) is 13.6. The van der Waals surface area contributed by atoms with Crippen molar-refractivity contribution in [3.05, 3.63) is 64.7 Å². The van der Waals surface area contributed by atoms with Crippen molar-refractivity contribution in [2.75, 3.05) is 6.54 Å². The van der Waals surface area contributed by atoms with Gasteiger partial charge < -0.3 is 20.3 Å². The van der Waals surface area contributed by atoms with Gasteiger partial charge in [0.15, 0.2) is 0 Å². The lowest BCUT2D eigenvalue weighted by Crippen LogP contribution is -2.29. The van der Waals surface area contributed by atoms with E-state index < -0.39 is 28.3 Å². The lowest BCUT2D eigenvalue weighted by atomic mass is 10.0. The standard InChI is InChI=1S/C18H21ClN2O6S/c19-14-10-13(6-7-16(14)28(20,25)26)17(23)15(22)8-9-21-18(24)27-11-12-4-2-1-3-5-12/h1-7,10,15,17,22-23H,8-9,11H2,(H,21,24)(H2,20,25,26). The van der Waals surface area contributed by atoms with Gasteiger partial charge in [-0.25, -0.2) is 18.4 Å². The number of amides is 1. The molecule has 0 saturated heterocycles. The van der Waals surface area contributed by atoms with Gasteiger partial charge in [-0.1, -0.05) is 48.0 Å².